The number of carbonyl (C=O) groups is 1. The second kappa shape index (κ2) is 4.33. The van der Waals surface area contributed by atoms with Gasteiger partial charge in [-0.1, -0.05) is 0 Å². The first-order valence-electron chi connectivity index (χ1n) is 5.36. The zero-order chi connectivity index (χ0) is 12.6. The lowest BCUT2D eigenvalue weighted by Crippen LogP contribution is -2.60. The molecule has 0 radical (unpaired) electrons. The minimum atomic E-state index is -3.30. The zero-order valence-corrected chi connectivity index (χ0v) is 11.1. The third-order valence-corrected chi connectivity index (χ3v) is 4.36. The molecule has 94 valence electrons. The lowest BCUT2D eigenvalue weighted by atomic mass is 10.0. The van der Waals surface area contributed by atoms with E-state index < -0.39 is 15.1 Å². The highest BCUT2D eigenvalue weighted by molar-refractivity contribution is 7.92. The van der Waals surface area contributed by atoms with Gasteiger partial charge in [-0.15, -0.1) is 0 Å². The smallest absolute Gasteiger partial charge is 0.240 e. The predicted molar refractivity (Wildman–Crippen MR) is 63.0 cm³/mol. The molecule has 16 heavy (non-hydrogen) atoms. The summed E-state index contributed by atoms with van der Waals surface area (Å²) in [7, 11) is -3.30. The summed E-state index contributed by atoms with van der Waals surface area (Å²) >= 11 is 0. The highest BCUT2D eigenvalue weighted by atomic mass is 32.2. The first-order valence-corrected chi connectivity index (χ1v) is 7.32. The van der Waals surface area contributed by atoms with Crippen LogP contribution in [0.3, 0.4) is 0 Å². The largest absolute Gasteiger partial charge is 0.338 e. The predicted octanol–water partition coefficient (Wildman–Crippen LogP) is -0.370. The summed E-state index contributed by atoms with van der Waals surface area (Å²) in [6.45, 7) is 7.27. The molecule has 0 aliphatic carbocycles. The van der Waals surface area contributed by atoms with E-state index in [2.05, 4.69) is 5.32 Å². The van der Waals surface area contributed by atoms with Crippen LogP contribution in [-0.2, 0) is 14.6 Å². The Hall–Kier alpha value is -0.620. The highest BCUT2D eigenvalue weighted by Gasteiger charge is 2.33. The van der Waals surface area contributed by atoms with Gasteiger partial charge in [0.2, 0.25) is 5.91 Å². The molecule has 1 aliphatic heterocycles. The number of amides is 1. The van der Waals surface area contributed by atoms with E-state index in [0.29, 0.717) is 19.6 Å². The van der Waals surface area contributed by atoms with Crippen molar-refractivity contribution in [2.24, 2.45) is 0 Å². The third kappa shape index (κ3) is 3.18. The molecule has 0 saturated carbocycles. The minimum Gasteiger partial charge on any atom is -0.338 e. The molecule has 0 spiro atoms. The van der Waals surface area contributed by atoms with Crippen LogP contribution in [0.5, 0.6) is 0 Å². The molecule has 1 aliphatic rings. The van der Waals surface area contributed by atoms with Gasteiger partial charge in [0.1, 0.15) is 5.25 Å². The van der Waals surface area contributed by atoms with Gasteiger partial charge in [0, 0.05) is 31.4 Å². The van der Waals surface area contributed by atoms with E-state index in [9.17, 15) is 13.2 Å². The average Bonchev–Trinajstić information content (AvgIpc) is 2.12. The molecule has 6 heteroatoms. The fourth-order valence-corrected chi connectivity index (χ4v) is 2.29. The van der Waals surface area contributed by atoms with E-state index in [1.807, 2.05) is 13.8 Å². The Bertz CT molecular complexity index is 376. The molecule has 1 N–H and O–H groups in total. The lowest BCUT2D eigenvalue weighted by molar-refractivity contribution is -0.132. The number of carbonyl (C=O) groups excluding carboxylic acids is 1. The molecule has 1 fully saturated rings. The standard InChI is InChI=1S/C10H20N2O3S/c1-8(16(4,14)15)9(13)12-6-5-11-10(2,3)7-12/h8,11H,5-7H2,1-4H3. The van der Waals surface area contributed by atoms with Gasteiger partial charge in [0.05, 0.1) is 0 Å². The summed E-state index contributed by atoms with van der Waals surface area (Å²) in [5.41, 5.74) is -0.148. The van der Waals surface area contributed by atoms with E-state index in [-0.39, 0.29) is 11.4 Å². The maximum absolute atomic E-state index is 12.0. The van der Waals surface area contributed by atoms with Crippen LogP contribution >= 0.6 is 0 Å². The van der Waals surface area contributed by atoms with E-state index in [1.54, 1.807) is 4.90 Å². The Labute approximate surface area is 97.1 Å². The average molecular weight is 248 g/mol. The molecule has 1 heterocycles. The molecule has 0 bridgehead atoms. The number of piperazine rings is 1. The van der Waals surface area contributed by atoms with E-state index in [4.69, 9.17) is 0 Å². The molecule has 0 aromatic carbocycles. The van der Waals surface area contributed by atoms with Crippen LogP contribution in [0.1, 0.15) is 20.8 Å². The first-order chi connectivity index (χ1) is 7.13. The Morgan fingerprint density at radius 1 is 1.44 bits per heavy atom. The molecule has 1 rings (SSSR count). The summed E-state index contributed by atoms with van der Waals surface area (Å²) in [6.07, 6.45) is 1.10. The van der Waals surface area contributed by atoms with Gasteiger partial charge in [-0.2, -0.15) is 0 Å². The van der Waals surface area contributed by atoms with Crippen LogP contribution in [-0.4, -0.2) is 55.9 Å². The Morgan fingerprint density at radius 3 is 2.44 bits per heavy atom. The van der Waals surface area contributed by atoms with Gasteiger partial charge in [0.15, 0.2) is 9.84 Å². The van der Waals surface area contributed by atoms with Crippen molar-refractivity contribution in [2.45, 2.75) is 31.6 Å². The number of hydrogen-bond acceptors (Lipinski definition) is 4. The van der Waals surface area contributed by atoms with Crippen molar-refractivity contribution in [2.75, 3.05) is 25.9 Å². The van der Waals surface area contributed by atoms with Crippen molar-refractivity contribution in [1.29, 1.82) is 0 Å². The molecule has 1 amide bonds. The summed E-state index contributed by atoms with van der Waals surface area (Å²) in [4.78, 5) is 13.6. The van der Waals surface area contributed by atoms with Crippen molar-refractivity contribution < 1.29 is 13.2 Å². The van der Waals surface area contributed by atoms with Gasteiger partial charge in [-0.25, -0.2) is 8.42 Å². The number of hydrogen-bond donors (Lipinski definition) is 1. The molecule has 1 atom stereocenters. The Kier molecular flexibility index (Phi) is 3.64. The zero-order valence-electron chi connectivity index (χ0n) is 10.3. The topological polar surface area (TPSA) is 66.5 Å². The maximum atomic E-state index is 12.0. The second-order valence-electron chi connectivity index (χ2n) is 5.04. The number of nitrogens with zero attached hydrogens (tertiary/aromatic N) is 1. The van der Waals surface area contributed by atoms with Crippen molar-refractivity contribution in [3.05, 3.63) is 0 Å². The molecule has 1 unspecified atom stereocenters. The van der Waals surface area contributed by atoms with Gasteiger partial charge in [-0.05, 0) is 20.8 Å². The summed E-state index contributed by atoms with van der Waals surface area (Å²) in [6, 6.07) is 0. The number of rotatable bonds is 2. The van der Waals surface area contributed by atoms with E-state index in [0.717, 1.165) is 6.26 Å². The van der Waals surface area contributed by atoms with Crippen LogP contribution < -0.4 is 5.32 Å². The molecular weight excluding hydrogens is 228 g/mol. The normalized spacial score (nSPS) is 22.9. The molecule has 0 aromatic rings. The fourth-order valence-electron chi connectivity index (χ4n) is 1.77. The minimum absolute atomic E-state index is 0.148. The number of sulfone groups is 1. The van der Waals surface area contributed by atoms with Crippen molar-refractivity contribution in [3.8, 4) is 0 Å². The van der Waals surface area contributed by atoms with Crippen molar-refractivity contribution in [1.82, 2.24) is 10.2 Å². The molecular formula is C10H20N2O3S. The summed E-state index contributed by atoms with van der Waals surface area (Å²) in [5, 5.41) is 2.33. The monoisotopic (exact) mass is 248 g/mol. The van der Waals surface area contributed by atoms with Gasteiger partial charge < -0.3 is 10.2 Å². The highest BCUT2D eigenvalue weighted by Crippen LogP contribution is 2.13. The van der Waals surface area contributed by atoms with Crippen molar-refractivity contribution >= 4 is 15.7 Å². The van der Waals surface area contributed by atoms with Crippen LogP contribution in [0.25, 0.3) is 0 Å². The van der Waals surface area contributed by atoms with Gasteiger partial charge >= 0.3 is 0 Å². The molecule has 0 aromatic heterocycles. The Morgan fingerprint density at radius 2 is 2.00 bits per heavy atom. The third-order valence-electron chi connectivity index (χ3n) is 2.87. The maximum Gasteiger partial charge on any atom is 0.240 e. The molecule has 5 nitrogen and oxygen atoms in total. The Balaban J connectivity index is 2.75. The van der Waals surface area contributed by atoms with Gasteiger partial charge in [0.25, 0.3) is 0 Å². The summed E-state index contributed by atoms with van der Waals surface area (Å²) in [5.74, 6) is -0.294. The second-order valence-corrected chi connectivity index (χ2v) is 7.41. The quantitative estimate of drug-likeness (QED) is 0.724. The van der Waals surface area contributed by atoms with Crippen LogP contribution in [0.15, 0.2) is 0 Å². The van der Waals surface area contributed by atoms with Crippen molar-refractivity contribution in [3.63, 3.8) is 0 Å². The fraction of sp³-hybridized carbons (Fsp3) is 0.900. The van der Waals surface area contributed by atoms with Crippen LogP contribution in [0.2, 0.25) is 0 Å². The summed E-state index contributed by atoms with van der Waals surface area (Å²) < 4.78 is 22.6. The van der Waals surface area contributed by atoms with Crippen LogP contribution in [0, 0.1) is 0 Å². The van der Waals surface area contributed by atoms with E-state index in [1.165, 1.54) is 6.92 Å². The SMILES string of the molecule is CC(C(=O)N1CCNC(C)(C)C1)S(C)(=O)=O. The number of nitrogens with one attached hydrogen (secondary N) is 1. The molecule has 1 saturated heterocycles. The first kappa shape index (κ1) is 13.4. The van der Waals surface area contributed by atoms with Gasteiger partial charge in [-0.3, -0.25) is 4.79 Å². The van der Waals surface area contributed by atoms with E-state index >= 15 is 0 Å². The lowest BCUT2D eigenvalue weighted by Gasteiger charge is -2.39. The van der Waals surface area contributed by atoms with Crippen LogP contribution in [0.4, 0.5) is 0 Å².